The van der Waals surface area contributed by atoms with Gasteiger partial charge in [0.25, 0.3) is 0 Å². The molecule has 0 atom stereocenters. The second-order valence-corrected chi connectivity index (χ2v) is 6.88. The Labute approximate surface area is 154 Å². The molecule has 0 aliphatic carbocycles. The largest absolute Gasteiger partial charge is 0.463 e. The van der Waals surface area contributed by atoms with Crippen molar-refractivity contribution < 1.29 is 19.1 Å². The summed E-state index contributed by atoms with van der Waals surface area (Å²) in [5.41, 5.74) is 0. The molecule has 0 bridgehead atoms. The van der Waals surface area contributed by atoms with Crippen LogP contribution in [0.15, 0.2) is 12.2 Å². The van der Waals surface area contributed by atoms with Gasteiger partial charge in [-0.25, -0.2) is 9.59 Å². The Morgan fingerprint density at radius 3 is 1.64 bits per heavy atom. The van der Waals surface area contributed by atoms with Gasteiger partial charge < -0.3 is 9.47 Å². The molecule has 0 amide bonds. The van der Waals surface area contributed by atoms with E-state index in [1.807, 2.05) is 0 Å². The lowest BCUT2D eigenvalue weighted by molar-refractivity contribution is -0.142. The Kier molecular flexibility index (Phi) is 16.6. The van der Waals surface area contributed by atoms with Crippen molar-refractivity contribution in [1.29, 1.82) is 0 Å². The fraction of sp³-hybridized carbons (Fsp3) is 0.810. The molecule has 25 heavy (non-hydrogen) atoms. The maximum absolute atomic E-state index is 11.4. The Morgan fingerprint density at radius 2 is 1.16 bits per heavy atom. The zero-order chi connectivity index (χ0) is 18.8. The molecule has 0 radical (unpaired) electrons. The third-order valence-electron chi connectivity index (χ3n) is 3.95. The number of unbranched alkanes of at least 4 members (excludes halogenated alkanes) is 11. The predicted octanol–water partition coefficient (Wildman–Crippen LogP) is 5.74. The Hall–Kier alpha value is -1.32. The topological polar surface area (TPSA) is 52.6 Å². The Bertz CT molecular complexity index is 361. The van der Waals surface area contributed by atoms with E-state index in [-0.39, 0.29) is 6.10 Å². The maximum Gasteiger partial charge on any atom is 0.331 e. The molecule has 0 aliphatic heterocycles. The van der Waals surface area contributed by atoms with Crippen molar-refractivity contribution in [2.45, 2.75) is 104 Å². The maximum atomic E-state index is 11.4. The molecule has 0 N–H and O–H groups in total. The molecular formula is C21H38O4. The highest BCUT2D eigenvalue weighted by atomic mass is 16.5. The minimum Gasteiger partial charge on any atom is -0.463 e. The lowest BCUT2D eigenvalue weighted by Crippen LogP contribution is -2.09. The van der Waals surface area contributed by atoms with E-state index in [9.17, 15) is 9.59 Å². The summed E-state index contributed by atoms with van der Waals surface area (Å²) in [6.45, 7) is 6.19. The number of rotatable bonds is 16. The van der Waals surface area contributed by atoms with E-state index in [2.05, 4.69) is 6.92 Å². The Morgan fingerprint density at radius 1 is 0.720 bits per heavy atom. The minimum absolute atomic E-state index is 0.186. The van der Waals surface area contributed by atoms with E-state index >= 15 is 0 Å². The molecule has 0 aliphatic rings. The van der Waals surface area contributed by atoms with Crippen molar-refractivity contribution in [1.82, 2.24) is 0 Å². The fourth-order valence-electron chi connectivity index (χ4n) is 2.57. The summed E-state index contributed by atoms with van der Waals surface area (Å²) in [5.74, 6) is -0.999. The van der Waals surface area contributed by atoms with Crippen LogP contribution in [0.2, 0.25) is 0 Å². The van der Waals surface area contributed by atoms with E-state index in [0.717, 1.165) is 25.0 Å². The first-order valence-corrected chi connectivity index (χ1v) is 10.1. The summed E-state index contributed by atoms with van der Waals surface area (Å²) in [5, 5.41) is 0. The average molecular weight is 355 g/mol. The van der Waals surface area contributed by atoms with E-state index in [0.29, 0.717) is 6.61 Å². The third kappa shape index (κ3) is 18.9. The molecule has 0 heterocycles. The van der Waals surface area contributed by atoms with Gasteiger partial charge in [-0.1, -0.05) is 77.6 Å². The third-order valence-corrected chi connectivity index (χ3v) is 3.95. The minimum atomic E-state index is -0.516. The van der Waals surface area contributed by atoms with Crippen LogP contribution in [0.4, 0.5) is 0 Å². The molecule has 4 nitrogen and oxygen atoms in total. The standard InChI is InChI=1S/C21H38O4/c1-4-5-6-7-8-9-10-11-12-13-14-15-18-24-20(22)16-17-21(23)25-19(2)3/h16-17,19H,4-15,18H2,1-3H3. The van der Waals surface area contributed by atoms with Crippen LogP contribution in [0.3, 0.4) is 0 Å². The van der Waals surface area contributed by atoms with Gasteiger partial charge in [0.2, 0.25) is 0 Å². The number of carbonyl (C=O) groups excluding carboxylic acids is 2. The molecular weight excluding hydrogens is 316 g/mol. The first-order chi connectivity index (χ1) is 12.1. The highest BCUT2D eigenvalue weighted by Crippen LogP contribution is 2.11. The van der Waals surface area contributed by atoms with Crippen molar-refractivity contribution in [3.63, 3.8) is 0 Å². The highest BCUT2D eigenvalue weighted by Gasteiger charge is 2.02. The summed E-state index contributed by atoms with van der Waals surface area (Å²) in [6.07, 6.45) is 17.4. The van der Waals surface area contributed by atoms with Crippen LogP contribution in [0.25, 0.3) is 0 Å². The first kappa shape index (κ1) is 23.7. The van der Waals surface area contributed by atoms with Gasteiger partial charge in [0, 0.05) is 12.2 Å². The predicted molar refractivity (Wildman–Crippen MR) is 102 cm³/mol. The van der Waals surface area contributed by atoms with Crippen molar-refractivity contribution >= 4 is 11.9 Å². The summed E-state index contributed by atoms with van der Waals surface area (Å²) in [6, 6.07) is 0. The summed E-state index contributed by atoms with van der Waals surface area (Å²) in [4.78, 5) is 22.6. The average Bonchev–Trinajstić information content (AvgIpc) is 2.56. The van der Waals surface area contributed by atoms with Gasteiger partial charge in [0.1, 0.15) is 0 Å². The Balaban J connectivity index is 3.34. The van der Waals surface area contributed by atoms with Crippen LogP contribution in [0, 0.1) is 0 Å². The molecule has 0 aromatic heterocycles. The molecule has 0 aromatic rings. The van der Waals surface area contributed by atoms with Crippen LogP contribution in [-0.2, 0) is 19.1 Å². The molecule has 0 spiro atoms. The molecule has 146 valence electrons. The van der Waals surface area contributed by atoms with Gasteiger partial charge in [0.05, 0.1) is 12.7 Å². The quantitative estimate of drug-likeness (QED) is 0.201. The molecule has 0 fully saturated rings. The SMILES string of the molecule is CCCCCCCCCCCCCCOC(=O)C=CC(=O)OC(C)C. The summed E-state index contributed by atoms with van der Waals surface area (Å²) in [7, 11) is 0. The van der Waals surface area contributed by atoms with Crippen molar-refractivity contribution in [2.75, 3.05) is 6.61 Å². The number of carbonyl (C=O) groups is 2. The second kappa shape index (κ2) is 17.5. The fourth-order valence-corrected chi connectivity index (χ4v) is 2.57. The van der Waals surface area contributed by atoms with Gasteiger partial charge in [-0.3, -0.25) is 0 Å². The number of hydrogen-bond donors (Lipinski definition) is 0. The first-order valence-electron chi connectivity index (χ1n) is 10.1. The van der Waals surface area contributed by atoms with Crippen molar-refractivity contribution in [3.8, 4) is 0 Å². The van der Waals surface area contributed by atoms with Gasteiger partial charge in [-0.15, -0.1) is 0 Å². The number of esters is 2. The zero-order valence-electron chi connectivity index (χ0n) is 16.6. The van der Waals surface area contributed by atoms with Crippen molar-refractivity contribution in [3.05, 3.63) is 12.2 Å². The monoisotopic (exact) mass is 354 g/mol. The van der Waals surface area contributed by atoms with Crippen LogP contribution in [-0.4, -0.2) is 24.6 Å². The lowest BCUT2D eigenvalue weighted by Gasteiger charge is -2.04. The summed E-state index contributed by atoms with van der Waals surface area (Å²) >= 11 is 0. The normalized spacial score (nSPS) is 11.2. The molecule has 4 heteroatoms. The van der Waals surface area contributed by atoms with Crippen molar-refractivity contribution in [2.24, 2.45) is 0 Å². The second-order valence-electron chi connectivity index (χ2n) is 6.88. The number of ether oxygens (including phenoxy) is 2. The van der Waals surface area contributed by atoms with Crippen LogP contribution < -0.4 is 0 Å². The molecule has 0 rings (SSSR count). The molecule has 0 saturated carbocycles. The van der Waals surface area contributed by atoms with E-state index in [4.69, 9.17) is 9.47 Å². The van der Waals surface area contributed by atoms with E-state index in [1.165, 1.54) is 64.2 Å². The van der Waals surface area contributed by atoms with Gasteiger partial charge in [0.15, 0.2) is 0 Å². The van der Waals surface area contributed by atoms with Crippen LogP contribution >= 0.6 is 0 Å². The van der Waals surface area contributed by atoms with Gasteiger partial charge in [-0.05, 0) is 20.3 Å². The van der Waals surface area contributed by atoms with Gasteiger partial charge >= 0.3 is 11.9 Å². The zero-order valence-corrected chi connectivity index (χ0v) is 16.6. The van der Waals surface area contributed by atoms with Gasteiger partial charge in [-0.2, -0.15) is 0 Å². The molecule has 0 unspecified atom stereocenters. The highest BCUT2D eigenvalue weighted by molar-refractivity contribution is 5.91. The van der Waals surface area contributed by atoms with Crippen LogP contribution in [0.5, 0.6) is 0 Å². The van der Waals surface area contributed by atoms with E-state index < -0.39 is 11.9 Å². The van der Waals surface area contributed by atoms with Crippen LogP contribution in [0.1, 0.15) is 97.8 Å². The molecule has 0 saturated heterocycles. The molecule has 0 aromatic carbocycles. The smallest absolute Gasteiger partial charge is 0.331 e. The summed E-state index contributed by atoms with van der Waals surface area (Å²) < 4.78 is 9.94. The lowest BCUT2D eigenvalue weighted by atomic mass is 10.1. The van der Waals surface area contributed by atoms with E-state index in [1.54, 1.807) is 13.8 Å². The number of hydrogen-bond acceptors (Lipinski definition) is 4.